The summed E-state index contributed by atoms with van der Waals surface area (Å²) in [5.41, 5.74) is 1.13. The molecule has 0 spiro atoms. The topological polar surface area (TPSA) is 41.6 Å². The standard InChI is InChI=1S/C18H26N2O2/c1-13(2)20-9-5-6-14(12-20)11-19-18(21)17-10-15-7-3-4-8-16(15)22-17/h3-4,7-8,13-14,17H,5-6,9-12H2,1-2H3,(H,19,21)/t14-,17-/m0/s1. The van der Waals surface area contributed by atoms with E-state index in [0.29, 0.717) is 18.4 Å². The number of benzene rings is 1. The summed E-state index contributed by atoms with van der Waals surface area (Å²) in [6.45, 7) is 7.51. The summed E-state index contributed by atoms with van der Waals surface area (Å²) in [5.74, 6) is 1.44. The molecule has 4 nitrogen and oxygen atoms in total. The molecule has 1 fully saturated rings. The summed E-state index contributed by atoms with van der Waals surface area (Å²) in [4.78, 5) is 14.8. The van der Waals surface area contributed by atoms with Crippen LogP contribution in [0.1, 0.15) is 32.3 Å². The number of nitrogens with one attached hydrogen (secondary N) is 1. The molecule has 0 unspecified atom stereocenters. The molecule has 2 heterocycles. The van der Waals surface area contributed by atoms with Crippen molar-refractivity contribution >= 4 is 5.91 Å². The molecule has 0 aliphatic carbocycles. The lowest BCUT2D eigenvalue weighted by molar-refractivity contribution is -0.127. The number of rotatable bonds is 4. The predicted octanol–water partition coefficient (Wildman–Crippen LogP) is 2.23. The number of fused-ring (bicyclic) bond motifs is 1. The molecule has 2 atom stereocenters. The van der Waals surface area contributed by atoms with E-state index in [1.54, 1.807) is 0 Å². The average molecular weight is 302 g/mol. The van der Waals surface area contributed by atoms with Crippen molar-refractivity contribution in [1.29, 1.82) is 0 Å². The van der Waals surface area contributed by atoms with E-state index in [9.17, 15) is 4.79 Å². The van der Waals surface area contributed by atoms with Crippen LogP contribution in [0.3, 0.4) is 0 Å². The molecule has 0 aromatic heterocycles. The second-order valence-electron chi connectivity index (χ2n) is 6.76. The highest BCUT2D eigenvalue weighted by atomic mass is 16.5. The van der Waals surface area contributed by atoms with Crippen LogP contribution in [0.2, 0.25) is 0 Å². The van der Waals surface area contributed by atoms with Crippen LogP contribution in [0.25, 0.3) is 0 Å². The Balaban J connectivity index is 1.47. The summed E-state index contributed by atoms with van der Waals surface area (Å²) in [5, 5.41) is 3.10. The fourth-order valence-corrected chi connectivity index (χ4v) is 3.42. The van der Waals surface area contributed by atoms with Crippen molar-refractivity contribution in [2.24, 2.45) is 5.92 Å². The third-order valence-corrected chi connectivity index (χ3v) is 4.79. The lowest BCUT2D eigenvalue weighted by Crippen LogP contribution is -2.46. The largest absolute Gasteiger partial charge is 0.480 e. The van der Waals surface area contributed by atoms with Crippen molar-refractivity contribution in [3.8, 4) is 5.75 Å². The Morgan fingerprint density at radius 3 is 3.00 bits per heavy atom. The molecule has 4 heteroatoms. The van der Waals surface area contributed by atoms with E-state index >= 15 is 0 Å². The fourth-order valence-electron chi connectivity index (χ4n) is 3.42. The maximum absolute atomic E-state index is 12.3. The molecule has 0 saturated carbocycles. The van der Waals surface area contributed by atoms with Gasteiger partial charge in [0.05, 0.1) is 0 Å². The molecule has 1 aromatic carbocycles. The van der Waals surface area contributed by atoms with Crippen LogP contribution in [0, 0.1) is 5.92 Å². The van der Waals surface area contributed by atoms with Gasteiger partial charge in [-0.05, 0) is 50.8 Å². The van der Waals surface area contributed by atoms with Gasteiger partial charge in [-0.2, -0.15) is 0 Å². The molecule has 3 rings (SSSR count). The summed E-state index contributed by atoms with van der Waals surface area (Å²) >= 11 is 0. The summed E-state index contributed by atoms with van der Waals surface area (Å²) in [7, 11) is 0. The van der Waals surface area contributed by atoms with Crippen LogP contribution in [0.4, 0.5) is 0 Å². The van der Waals surface area contributed by atoms with Gasteiger partial charge in [0.1, 0.15) is 5.75 Å². The van der Waals surface area contributed by atoms with Crippen LogP contribution in [-0.2, 0) is 11.2 Å². The Morgan fingerprint density at radius 2 is 2.23 bits per heavy atom. The fraction of sp³-hybridized carbons (Fsp3) is 0.611. The third-order valence-electron chi connectivity index (χ3n) is 4.79. The molecule has 1 amide bonds. The van der Waals surface area contributed by atoms with Crippen molar-refractivity contribution in [3.63, 3.8) is 0 Å². The van der Waals surface area contributed by atoms with Crippen molar-refractivity contribution in [2.75, 3.05) is 19.6 Å². The Labute approximate surface area is 132 Å². The van der Waals surface area contributed by atoms with Crippen LogP contribution in [0.5, 0.6) is 5.75 Å². The summed E-state index contributed by atoms with van der Waals surface area (Å²) in [6.07, 6.45) is 2.76. The van der Waals surface area contributed by atoms with E-state index in [-0.39, 0.29) is 12.0 Å². The highest BCUT2D eigenvalue weighted by Gasteiger charge is 2.29. The van der Waals surface area contributed by atoms with Gasteiger partial charge in [-0.1, -0.05) is 18.2 Å². The minimum atomic E-state index is -0.359. The second kappa shape index (κ2) is 6.69. The monoisotopic (exact) mass is 302 g/mol. The normalized spacial score (nSPS) is 24.9. The molecule has 22 heavy (non-hydrogen) atoms. The number of hydrogen-bond donors (Lipinski definition) is 1. The average Bonchev–Trinajstić information content (AvgIpc) is 2.97. The van der Waals surface area contributed by atoms with E-state index in [0.717, 1.165) is 24.4 Å². The summed E-state index contributed by atoms with van der Waals surface area (Å²) < 4.78 is 5.75. The number of para-hydroxylation sites is 1. The second-order valence-corrected chi connectivity index (χ2v) is 6.76. The van der Waals surface area contributed by atoms with E-state index in [1.165, 1.54) is 19.4 Å². The molecule has 1 aromatic rings. The third kappa shape index (κ3) is 3.43. The van der Waals surface area contributed by atoms with Crippen LogP contribution in [-0.4, -0.2) is 42.6 Å². The first-order valence-electron chi connectivity index (χ1n) is 8.40. The number of nitrogens with zero attached hydrogens (tertiary/aromatic N) is 1. The van der Waals surface area contributed by atoms with Crippen LogP contribution < -0.4 is 10.1 Å². The minimum Gasteiger partial charge on any atom is -0.480 e. The Kier molecular flexibility index (Phi) is 4.67. The molecule has 0 radical (unpaired) electrons. The van der Waals surface area contributed by atoms with Gasteiger partial charge >= 0.3 is 0 Å². The predicted molar refractivity (Wildman–Crippen MR) is 87.0 cm³/mol. The lowest BCUT2D eigenvalue weighted by Gasteiger charge is -2.35. The first-order chi connectivity index (χ1) is 10.6. The van der Waals surface area contributed by atoms with Gasteiger partial charge in [0, 0.05) is 25.6 Å². The van der Waals surface area contributed by atoms with Crippen molar-refractivity contribution in [1.82, 2.24) is 10.2 Å². The first-order valence-corrected chi connectivity index (χ1v) is 8.40. The van der Waals surface area contributed by atoms with Crippen molar-refractivity contribution < 1.29 is 9.53 Å². The maximum Gasteiger partial charge on any atom is 0.261 e. The maximum atomic E-state index is 12.3. The number of ether oxygens (including phenoxy) is 1. The molecule has 120 valence electrons. The molecule has 2 aliphatic heterocycles. The van der Waals surface area contributed by atoms with E-state index in [4.69, 9.17) is 4.74 Å². The number of carbonyl (C=O) groups is 1. The molecule has 0 bridgehead atoms. The lowest BCUT2D eigenvalue weighted by atomic mass is 9.97. The molecule has 2 aliphatic rings. The van der Waals surface area contributed by atoms with Gasteiger partial charge in [0.15, 0.2) is 6.10 Å². The number of hydrogen-bond acceptors (Lipinski definition) is 3. The quantitative estimate of drug-likeness (QED) is 0.927. The smallest absolute Gasteiger partial charge is 0.261 e. The number of likely N-dealkylation sites (tertiary alicyclic amines) is 1. The zero-order valence-corrected chi connectivity index (χ0v) is 13.5. The Morgan fingerprint density at radius 1 is 1.41 bits per heavy atom. The summed E-state index contributed by atoms with van der Waals surface area (Å²) in [6, 6.07) is 8.49. The van der Waals surface area contributed by atoms with Gasteiger partial charge < -0.3 is 15.0 Å². The molecular formula is C18H26N2O2. The van der Waals surface area contributed by atoms with Crippen molar-refractivity contribution in [3.05, 3.63) is 29.8 Å². The van der Waals surface area contributed by atoms with E-state index < -0.39 is 0 Å². The van der Waals surface area contributed by atoms with Gasteiger partial charge in [-0.15, -0.1) is 0 Å². The highest BCUT2D eigenvalue weighted by Crippen LogP contribution is 2.28. The SMILES string of the molecule is CC(C)N1CCC[C@@H](CNC(=O)[C@@H]2Cc3ccccc3O2)C1. The first kappa shape index (κ1) is 15.3. The van der Waals surface area contributed by atoms with Crippen molar-refractivity contribution in [2.45, 2.75) is 45.3 Å². The van der Waals surface area contributed by atoms with E-state index in [1.807, 2.05) is 24.3 Å². The van der Waals surface area contributed by atoms with Gasteiger partial charge in [-0.3, -0.25) is 4.79 Å². The van der Waals surface area contributed by atoms with Gasteiger partial charge in [0.25, 0.3) is 5.91 Å². The highest BCUT2D eigenvalue weighted by molar-refractivity contribution is 5.82. The van der Waals surface area contributed by atoms with Crippen LogP contribution >= 0.6 is 0 Å². The van der Waals surface area contributed by atoms with Gasteiger partial charge in [-0.25, -0.2) is 0 Å². The number of carbonyl (C=O) groups excluding carboxylic acids is 1. The molecular weight excluding hydrogens is 276 g/mol. The van der Waals surface area contributed by atoms with E-state index in [2.05, 4.69) is 24.1 Å². The minimum absolute atomic E-state index is 0.0258. The Bertz CT molecular complexity index is 505. The zero-order valence-electron chi connectivity index (χ0n) is 13.5. The molecule has 1 saturated heterocycles. The number of amides is 1. The van der Waals surface area contributed by atoms with Gasteiger partial charge in [0.2, 0.25) is 0 Å². The zero-order chi connectivity index (χ0) is 15.5. The van der Waals surface area contributed by atoms with Crippen LogP contribution in [0.15, 0.2) is 24.3 Å². The Hall–Kier alpha value is -1.55. The molecule has 1 N–H and O–H groups in total. The number of piperidine rings is 1.